The van der Waals surface area contributed by atoms with E-state index in [1.165, 1.54) is 11.8 Å². The average molecular weight is 341 g/mol. The molecule has 0 saturated carbocycles. The summed E-state index contributed by atoms with van der Waals surface area (Å²) in [4.78, 5) is 19.3. The van der Waals surface area contributed by atoms with E-state index in [4.69, 9.17) is 14.9 Å². The molecule has 1 aromatic carbocycles. The molecule has 0 bridgehead atoms. The maximum atomic E-state index is 13.0. The number of aromatic nitrogens is 1. The first-order valence-corrected chi connectivity index (χ1v) is 8.92. The number of nitrogens with zero attached hydrogens (tertiary/aromatic N) is 2. The number of anilines is 1. The van der Waals surface area contributed by atoms with E-state index in [0.29, 0.717) is 24.7 Å². The molecule has 1 aromatic heterocycles. The summed E-state index contributed by atoms with van der Waals surface area (Å²) in [7, 11) is 0. The normalized spacial score (nSPS) is 20.7. The first kappa shape index (κ1) is 16.3. The third-order valence-electron chi connectivity index (χ3n) is 5.14. The van der Waals surface area contributed by atoms with Gasteiger partial charge in [-0.15, -0.1) is 0 Å². The number of hydrogen-bond donors (Lipinski definition) is 1. The molecule has 132 valence electrons. The van der Waals surface area contributed by atoms with Crippen LogP contribution in [-0.2, 0) is 4.74 Å². The second-order valence-electron chi connectivity index (χ2n) is 6.71. The average Bonchev–Trinajstić information content (AvgIpc) is 3.28. The number of nitrogens with two attached hydrogens (primary N) is 1. The maximum absolute atomic E-state index is 13.0. The molecule has 4 rings (SSSR count). The van der Waals surface area contributed by atoms with E-state index in [1.54, 1.807) is 4.90 Å². The minimum absolute atomic E-state index is 0.103. The third kappa shape index (κ3) is 3.07. The van der Waals surface area contributed by atoms with Crippen LogP contribution in [0.5, 0.6) is 0 Å². The van der Waals surface area contributed by atoms with Crippen LogP contribution >= 0.6 is 0 Å². The number of hydrogen-bond acceptors (Lipinski definition) is 5. The van der Waals surface area contributed by atoms with Crippen molar-refractivity contribution in [1.29, 1.82) is 0 Å². The summed E-state index contributed by atoms with van der Waals surface area (Å²) in [6.45, 7) is 2.70. The summed E-state index contributed by atoms with van der Waals surface area (Å²) < 4.78 is 11.0. The van der Waals surface area contributed by atoms with E-state index in [2.05, 4.69) is 11.1 Å². The second kappa shape index (κ2) is 6.98. The summed E-state index contributed by atoms with van der Waals surface area (Å²) in [5.41, 5.74) is 8.27. The largest absolute Gasteiger partial charge is 0.448 e. The molecule has 1 saturated heterocycles. The van der Waals surface area contributed by atoms with Gasteiger partial charge in [-0.25, -0.2) is 4.98 Å². The van der Waals surface area contributed by atoms with Crippen molar-refractivity contribution in [3.63, 3.8) is 0 Å². The lowest BCUT2D eigenvalue weighted by Crippen LogP contribution is -2.30. The molecule has 0 spiro atoms. The Kier molecular flexibility index (Phi) is 4.55. The Labute approximate surface area is 147 Å². The number of carbonyl (C=O) groups excluding carboxylic acids is 1. The molecule has 6 heteroatoms. The molecule has 2 aliphatic heterocycles. The van der Waals surface area contributed by atoms with Gasteiger partial charge >= 0.3 is 0 Å². The van der Waals surface area contributed by atoms with Crippen molar-refractivity contribution in [2.75, 3.05) is 31.2 Å². The van der Waals surface area contributed by atoms with E-state index in [-0.39, 0.29) is 17.7 Å². The predicted octanol–water partition coefficient (Wildman–Crippen LogP) is 2.66. The van der Waals surface area contributed by atoms with Crippen molar-refractivity contribution in [2.45, 2.75) is 31.1 Å². The fourth-order valence-corrected chi connectivity index (χ4v) is 3.79. The SMILES string of the molecule is NCCC1CN(C(=O)c2coc(C3CCOCC3)n2)c2ccccc21. The van der Waals surface area contributed by atoms with Crippen LogP contribution in [0, 0.1) is 0 Å². The lowest BCUT2D eigenvalue weighted by atomic mass is 9.98. The van der Waals surface area contributed by atoms with E-state index >= 15 is 0 Å². The van der Waals surface area contributed by atoms with Crippen LogP contribution in [0.2, 0.25) is 0 Å². The van der Waals surface area contributed by atoms with Crippen LogP contribution in [-0.4, -0.2) is 37.2 Å². The van der Waals surface area contributed by atoms with Crippen molar-refractivity contribution in [3.8, 4) is 0 Å². The van der Waals surface area contributed by atoms with Gasteiger partial charge in [0.05, 0.1) is 0 Å². The number of fused-ring (bicyclic) bond motifs is 1. The molecule has 1 amide bonds. The summed E-state index contributed by atoms with van der Waals surface area (Å²) in [5, 5.41) is 0. The topological polar surface area (TPSA) is 81.6 Å². The Morgan fingerprint density at radius 2 is 2.08 bits per heavy atom. The fraction of sp³-hybridized carbons (Fsp3) is 0.474. The maximum Gasteiger partial charge on any atom is 0.280 e. The highest BCUT2D eigenvalue weighted by atomic mass is 16.5. The van der Waals surface area contributed by atoms with Crippen LogP contribution in [0.25, 0.3) is 0 Å². The standard InChI is InChI=1S/C19H23N3O3/c20-8-5-14-11-22(17-4-2-1-3-15(14)17)19(23)16-12-25-18(21-16)13-6-9-24-10-7-13/h1-4,12-14H,5-11,20H2. The molecule has 0 radical (unpaired) electrons. The Morgan fingerprint density at radius 1 is 1.28 bits per heavy atom. The Hall–Kier alpha value is -2.18. The second-order valence-corrected chi connectivity index (χ2v) is 6.71. The van der Waals surface area contributed by atoms with Crippen LogP contribution in [0.4, 0.5) is 5.69 Å². The molecular weight excluding hydrogens is 318 g/mol. The number of para-hydroxylation sites is 1. The Morgan fingerprint density at radius 3 is 2.88 bits per heavy atom. The third-order valence-corrected chi connectivity index (χ3v) is 5.14. The lowest BCUT2D eigenvalue weighted by Gasteiger charge is -2.18. The first-order chi connectivity index (χ1) is 12.3. The molecule has 6 nitrogen and oxygen atoms in total. The van der Waals surface area contributed by atoms with E-state index in [1.807, 2.05) is 18.2 Å². The van der Waals surface area contributed by atoms with Gasteiger partial charge in [0.2, 0.25) is 0 Å². The molecule has 2 aromatic rings. The van der Waals surface area contributed by atoms with Gasteiger partial charge in [0.15, 0.2) is 11.6 Å². The quantitative estimate of drug-likeness (QED) is 0.924. The zero-order valence-corrected chi connectivity index (χ0v) is 14.2. The highest BCUT2D eigenvalue weighted by molar-refractivity contribution is 6.06. The Balaban J connectivity index is 1.56. The number of amides is 1. The molecule has 2 aliphatic rings. The lowest BCUT2D eigenvalue weighted by molar-refractivity contribution is 0.0794. The molecule has 3 heterocycles. The molecule has 1 atom stereocenters. The molecule has 25 heavy (non-hydrogen) atoms. The zero-order valence-electron chi connectivity index (χ0n) is 14.2. The zero-order chi connectivity index (χ0) is 17.2. The van der Waals surface area contributed by atoms with Gasteiger partial charge in [-0.1, -0.05) is 18.2 Å². The minimum Gasteiger partial charge on any atom is -0.448 e. The molecular formula is C19H23N3O3. The van der Waals surface area contributed by atoms with Crippen molar-refractivity contribution in [3.05, 3.63) is 47.7 Å². The number of ether oxygens (including phenoxy) is 1. The smallest absolute Gasteiger partial charge is 0.280 e. The minimum atomic E-state index is -0.103. The van der Waals surface area contributed by atoms with Crippen LogP contribution in [0.1, 0.15) is 53.0 Å². The fourth-order valence-electron chi connectivity index (χ4n) is 3.79. The van der Waals surface area contributed by atoms with Crippen LogP contribution < -0.4 is 10.6 Å². The monoisotopic (exact) mass is 341 g/mol. The summed E-state index contributed by atoms with van der Waals surface area (Å²) in [6, 6.07) is 8.04. The van der Waals surface area contributed by atoms with Gasteiger partial charge in [-0.05, 0) is 37.4 Å². The first-order valence-electron chi connectivity index (χ1n) is 8.92. The summed E-state index contributed by atoms with van der Waals surface area (Å²) >= 11 is 0. The number of benzene rings is 1. The van der Waals surface area contributed by atoms with Crippen molar-refractivity contribution >= 4 is 11.6 Å². The highest BCUT2D eigenvalue weighted by Crippen LogP contribution is 2.38. The summed E-state index contributed by atoms with van der Waals surface area (Å²) in [5.74, 6) is 1.07. The van der Waals surface area contributed by atoms with Gasteiger partial charge in [-0.2, -0.15) is 0 Å². The van der Waals surface area contributed by atoms with Gasteiger partial charge in [0.1, 0.15) is 6.26 Å². The van der Waals surface area contributed by atoms with E-state index < -0.39 is 0 Å². The predicted molar refractivity (Wildman–Crippen MR) is 93.8 cm³/mol. The van der Waals surface area contributed by atoms with E-state index in [0.717, 1.165) is 38.2 Å². The van der Waals surface area contributed by atoms with Gasteiger partial charge < -0.3 is 19.8 Å². The highest BCUT2D eigenvalue weighted by Gasteiger charge is 2.33. The Bertz CT molecular complexity index is 752. The van der Waals surface area contributed by atoms with Gasteiger partial charge in [0.25, 0.3) is 5.91 Å². The number of carbonyl (C=O) groups is 1. The molecule has 1 fully saturated rings. The van der Waals surface area contributed by atoms with Crippen LogP contribution in [0.15, 0.2) is 34.9 Å². The van der Waals surface area contributed by atoms with Crippen molar-refractivity contribution in [1.82, 2.24) is 4.98 Å². The molecule has 1 unspecified atom stereocenters. The van der Waals surface area contributed by atoms with Crippen molar-refractivity contribution in [2.24, 2.45) is 5.73 Å². The summed E-state index contributed by atoms with van der Waals surface area (Å²) in [6.07, 6.45) is 4.14. The molecule has 0 aliphatic carbocycles. The number of oxazole rings is 1. The number of rotatable bonds is 4. The van der Waals surface area contributed by atoms with Gasteiger partial charge in [0, 0.05) is 37.3 Å². The van der Waals surface area contributed by atoms with E-state index in [9.17, 15) is 4.79 Å². The van der Waals surface area contributed by atoms with Crippen molar-refractivity contribution < 1.29 is 13.9 Å². The van der Waals surface area contributed by atoms with Crippen LogP contribution in [0.3, 0.4) is 0 Å². The molecule has 2 N–H and O–H groups in total. The van der Waals surface area contributed by atoms with Gasteiger partial charge in [-0.3, -0.25) is 4.79 Å².